The van der Waals surface area contributed by atoms with Gasteiger partial charge >= 0.3 is 0 Å². The Kier molecular flexibility index (Phi) is 6.24. The molecule has 142 valence electrons. The second-order valence-corrected chi connectivity index (χ2v) is 6.76. The van der Waals surface area contributed by atoms with Gasteiger partial charge in [-0.15, -0.1) is 0 Å². The van der Waals surface area contributed by atoms with Crippen LogP contribution in [0.3, 0.4) is 0 Å². The van der Waals surface area contributed by atoms with Crippen molar-refractivity contribution < 1.29 is 13.9 Å². The number of ether oxygens (including phenoxy) is 1. The number of hydrogen-bond acceptors (Lipinski definition) is 3. The molecule has 0 aromatic heterocycles. The molecule has 1 fully saturated rings. The molecule has 5 nitrogen and oxygen atoms in total. The lowest BCUT2D eigenvalue weighted by molar-refractivity contribution is 0.0918. The van der Waals surface area contributed by atoms with Gasteiger partial charge in [0.25, 0.3) is 5.91 Å². The summed E-state index contributed by atoms with van der Waals surface area (Å²) in [4.78, 5) is 14.3. The average Bonchev–Trinajstić information content (AvgIpc) is 2.69. The number of carbonyl (C=O) groups excluding carboxylic acids is 1. The highest BCUT2D eigenvalue weighted by atomic mass is 32.1. The molecule has 0 aliphatic carbocycles. The van der Waals surface area contributed by atoms with Crippen LogP contribution < -0.4 is 15.4 Å². The number of rotatable bonds is 4. The van der Waals surface area contributed by atoms with Crippen LogP contribution in [-0.2, 0) is 0 Å². The number of nitrogens with zero attached hydrogens (tertiary/aromatic N) is 1. The number of amides is 1. The lowest BCUT2D eigenvalue weighted by Gasteiger charge is -2.34. The molecule has 2 N–H and O–H groups in total. The summed E-state index contributed by atoms with van der Waals surface area (Å²) in [5.74, 6) is -0.0827. The van der Waals surface area contributed by atoms with Crippen LogP contribution in [0.1, 0.15) is 23.2 Å². The summed E-state index contributed by atoms with van der Waals surface area (Å²) in [6, 6.07) is 13.6. The fourth-order valence-corrected chi connectivity index (χ4v) is 3.31. The molecular formula is C20H22FN3O2S. The summed E-state index contributed by atoms with van der Waals surface area (Å²) in [5.41, 5.74) is 0.979. The van der Waals surface area contributed by atoms with Crippen LogP contribution in [-0.4, -0.2) is 42.2 Å². The van der Waals surface area contributed by atoms with Crippen molar-refractivity contribution in [3.05, 3.63) is 59.9 Å². The van der Waals surface area contributed by atoms with E-state index in [0.29, 0.717) is 5.11 Å². The second-order valence-electron chi connectivity index (χ2n) is 6.37. The smallest absolute Gasteiger partial charge is 0.254 e. The summed E-state index contributed by atoms with van der Waals surface area (Å²) in [6.07, 6.45) is 1.51. The number of hydrogen-bond donors (Lipinski definition) is 2. The van der Waals surface area contributed by atoms with Crippen LogP contribution >= 0.6 is 12.2 Å². The van der Waals surface area contributed by atoms with Crippen LogP contribution in [0, 0.1) is 5.82 Å². The van der Waals surface area contributed by atoms with E-state index in [1.807, 2.05) is 24.3 Å². The van der Waals surface area contributed by atoms with E-state index in [0.717, 1.165) is 37.4 Å². The molecule has 0 unspecified atom stereocenters. The fraction of sp³-hybridized carbons (Fsp3) is 0.300. The van der Waals surface area contributed by atoms with Crippen molar-refractivity contribution in [1.29, 1.82) is 0 Å². The van der Waals surface area contributed by atoms with Crippen molar-refractivity contribution in [1.82, 2.24) is 10.2 Å². The molecule has 1 aliphatic heterocycles. The van der Waals surface area contributed by atoms with Crippen LogP contribution in [0.2, 0.25) is 0 Å². The van der Waals surface area contributed by atoms with E-state index in [1.165, 1.54) is 12.1 Å². The maximum absolute atomic E-state index is 13.7. The lowest BCUT2D eigenvalue weighted by Crippen LogP contribution is -2.47. The van der Waals surface area contributed by atoms with Crippen LogP contribution in [0.25, 0.3) is 0 Å². The van der Waals surface area contributed by atoms with Gasteiger partial charge in [-0.1, -0.05) is 12.1 Å². The first kappa shape index (κ1) is 19.1. The molecule has 1 amide bonds. The van der Waals surface area contributed by atoms with Gasteiger partial charge in [0.15, 0.2) is 5.11 Å². The van der Waals surface area contributed by atoms with Crippen LogP contribution in [0.5, 0.6) is 5.75 Å². The number of thiocarbonyl (C=S) groups is 1. The third-order valence-electron chi connectivity index (χ3n) is 4.58. The van der Waals surface area contributed by atoms with Crippen molar-refractivity contribution in [3.63, 3.8) is 0 Å². The molecule has 0 bridgehead atoms. The topological polar surface area (TPSA) is 53.6 Å². The molecule has 1 aliphatic rings. The average molecular weight is 387 g/mol. The van der Waals surface area contributed by atoms with Gasteiger partial charge in [-0.05, 0) is 61.5 Å². The van der Waals surface area contributed by atoms with Gasteiger partial charge in [-0.3, -0.25) is 4.79 Å². The lowest BCUT2D eigenvalue weighted by atomic mass is 10.0. The minimum atomic E-state index is -0.502. The Balaban J connectivity index is 1.48. The molecule has 1 heterocycles. The highest BCUT2D eigenvalue weighted by Crippen LogP contribution is 2.17. The predicted octanol–water partition coefficient (Wildman–Crippen LogP) is 3.43. The van der Waals surface area contributed by atoms with Gasteiger partial charge in [-0.25, -0.2) is 4.39 Å². The number of halogens is 1. The zero-order chi connectivity index (χ0) is 19.2. The van der Waals surface area contributed by atoms with E-state index in [1.54, 1.807) is 19.2 Å². The molecule has 2 aromatic rings. The fourth-order valence-electron chi connectivity index (χ4n) is 3.01. The van der Waals surface area contributed by atoms with Crippen molar-refractivity contribution in [2.75, 3.05) is 25.5 Å². The molecule has 0 saturated carbocycles. The first-order chi connectivity index (χ1) is 13.1. The second kappa shape index (κ2) is 8.81. The minimum Gasteiger partial charge on any atom is -0.497 e. The first-order valence-corrected chi connectivity index (χ1v) is 9.23. The highest BCUT2D eigenvalue weighted by molar-refractivity contribution is 7.80. The van der Waals surface area contributed by atoms with Gasteiger partial charge in [-0.2, -0.15) is 0 Å². The SMILES string of the molecule is COc1ccc(NC(=S)N2CCC(NC(=O)c3ccccc3F)CC2)cc1. The largest absolute Gasteiger partial charge is 0.497 e. The van der Waals surface area contributed by atoms with Gasteiger partial charge in [0.2, 0.25) is 0 Å². The Hall–Kier alpha value is -2.67. The molecule has 0 radical (unpaired) electrons. The standard InChI is InChI=1S/C20H22FN3O2S/c1-26-16-8-6-14(7-9-16)23-20(27)24-12-10-15(11-13-24)22-19(25)17-4-2-3-5-18(17)21/h2-9,15H,10-13H2,1H3,(H,22,25)(H,23,27). The number of likely N-dealkylation sites (tertiary alicyclic amines) is 1. The predicted molar refractivity (Wildman–Crippen MR) is 108 cm³/mol. The molecular weight excluding hydrogens is 365 g/mol. The zero-order valence-electron chi connectivity index (χ0n) is 15.1. The number of carbonyl (C=O) groups is 1. The number of methoxy groups -OCH3 is 1. The van der Waals surface area contributed by atoms with Gasteiger partial charge in [0, 0.05) is 24.8 Å². The summed E-state index contributed by atoms with van der Waals surface area (Å²) in [5, 5.41) is 6.78. The molecule has 3 rings (SSSR count). The van der Waals surface area contributed by atoms with E-state index in [4.69, 9.17) is 17.0 Å². The number of benzene rings is 2. The van der Waals surface area contributed by atoms with Crippen molar-refractivity contribution in [2.45, 2.75) is 18.9 Å². The Labute approximate surface area is 163 Å². The molecule has 2 aromatic carbocycles. The Morgan fingerprint density at radius 3 is 2.44 bits per heavy atom. The quantitative estimate of drug-likeness (QED) is 0.788. The minimum absolute atomic E-state index is 0.0112. The molecule has 7 heteroatoms. The van der Waals surface area contributed by atoms with Gasteiger partial charge in [0.05, 0.1) is 12.7 Å². The molecule has 1 saturated heterocycles. The summed E-state index contributed by atoms with van der Waals surface area (Å²) >= 11 is 5.48. The normalized spacial score (nSPS) is 14.5. The summed E-state index contributed by atoms with van der Waals surface area (Å²) in [6.45, 7) is 1.45. The Morgan fingerprint density at radius 1 is 1.15 bits per heavy atom. The maximum atomic E-state index is 13.7. The number of piperidine rings is 1. The van der Waals surface area contributed by atoms with Crippen molar-refractivity contribution in [3.8, 4) is 5.75 Å². The molecule has 0 spiro atoms. The number of anilines is 1. The van der Waals surface area contributed by atoms with Crippen molar-refractivity contribution >= 4 is 28.9 Å². The van der Waals surface area contributed by atoms with Crippen LogP contribution in [0.4, 0.5) is 10.1 Å². The Morgan fingerprint density at radius 2 is 1.81 bits per heavy atom. The first-order valence-electron chi connectivity index (χ1n) is 8.82. The third kappa shape index (κ3) is 4.95. The van der Waals surface area contributed by atoms with E-state index in [2.05, 4.69) is 15.5 Å². The number of nitrogens with one attached hydrogen (secondary N) is 2. The summed E-state index contributed by atoms with van der Waals surface area (Å²) in [7, 11) is 1.63. The summed E-state index contributed by atoms with van der Waals surface area (Å²) < 4.78 is 18.9. The molecule has 0 atom stereocenters. The van der Waals surface area contributed by atoms with Crippen LogP contribution in [0.15, 0.2) is 48.5 Å². The van der Waals surface area contributed by atoms with E-state index >= 15 is 0 Å². The van der Waals surface area contributed by atoms with Crippen molar-refractivity contribution in [2.24, 2.45) is 0 Å². The van der Waals surface area contributed by atoms with E-state index in [9.17, 15) is 9.18 Å². The monoisotopic (exact) mass is 387 g/mol. The zero-order valence-corrected chi connectivity index (χ0v) is 15.9. The molecule has 27 heavy (non-hydrogen) atoms. The van der Waals surface area contributed by atoms with E-state index in [-0.39, 0.29) is 17.5 Å². The highest BCUT2D eigenvalue weighted by Gasteiger charge is 2.23. The Bertz CT molecular complexity index is 805. The maximum Gasteiger partial charge on any atom is 0.254 e. The van der Waals surface area contributed by atoms with Gasteiger partial charge < -0.3 is 20.3 Å². The van der Waals surface area contributed by atoms with Gasteiger partial charge in [0.1, 0.15) is 11.6 Å². The third-order valence-corrected chi connectivity index (χ3v) is 4.94. The van der Waals surface area contributed by atoms with E-state index < -0.39 is 5.82 Å².